The van der Waals surface area contributed by atoms with Crippen molar-refractivity contribution in [2.75, 3.05) is 40.0 Å². The maximum Gasteiger partial charge on any atom is 0.0897 e. The molecule has 0 fully saturated rings. The lowest BCUT2D eigenvalue weighted by atomic mass is 10.3. The Hall–Kier alpha value is -0.160. The van der Waals surface area contributed by atoms with Gasteiger partial charge in [0.25, 0.3) is 0 Å². The number of unbranched alkanes of at least 4 members (excludes halogenated alkanes) is 1. The van der Waals surface area contributed by atoms with Gasteiger partial charge in [0.2, 0.25) is 0 Å². The Bertz CT molecular complexity index is 99.5. The lowest BCUT2D eigenvalue weighted by molar-refractivity contribution is 0.0138. The molecule has 0 aromatic carbocycles. The number of hydrogen-bond acceptors (Lipinski definition) is 4. The third-order valence-corrected chi connectivity index (χ3v) is 1.83. The quantitative estimate of drug-likeness (QED) is 0.507. The number of nitrogens with one attached hydrogen (secondary N) is 1. The first kappa shape index (κ1) is 13.8. The first-order valence-electron chi connectivity index (χ1n) is 5.26. The highest BCUT2D eigenvalue weighted by Crippen LogP contribution is 1.86. The number of hydrogen-bond donors (Lipinski definition) is 2. The fraction of sp³-hybridized carbons (Fsp3) is 1.00. The summed E-state index contributed by atoms with van der Waals surface area (Å²) in [6.45, 7) is 5.21. The van der Waals surface area contributed by atoms with Gasteiger partial charge in [-0.3, -0.25) is 0 Å². The fourth-order valence-corrected chi connectivity index (χ4v) is 0.991. The molecule has 0 aliphatic carbocycles. The van der Waals surface area contributed by atoms with E-state index < -0.39 is 6.10 Å². The van der Waals surface area contributed by atoms with Crippen LogP contribution in [-0.2, 0) is 9.47 Å². The molecule has 0 spiro atoms. The average molecular weight is 205 g/mol. The van der Waals surface area contributed by atoms with E-state index in [4.69, 9.17) is 9.47 Å². The first-order valence-corrected chi connectivity index (χ1v) is 5.26. The summed E-state index contributed by atoms with van der Waals surface area (Å²) in [6, 6.07) is 0. The van der Waals surface area contributed by atoms with Crippen LogP contribution >= 0.6 is 0 Å². The van der Waals surface area contributed by atoms with Gasteiger partial charge in [-0.25, -0.2) is 0 Å². The van der Waals surface area contributed by atoms with Crippen LogP contribution in [-0.4, -0.2) is 51.2 Å². The van der Waals surface area contributed by atoms with Crippen molar-refractivity contribution in [2.24, 2.45) is 0 Å². The summed E-state index contributed by atoms with van der Waals surface area (Å²) in [5.41, 5.74) is 0. The summed E-state index contributed by atoms with van der Waals surface area (Å²) in [5.74, 6) is 0. The third kappa shape index (κ3) is 9.92. The van der Waals surface area contributed by atoms with Crippen LogP contribution < -0.4 is 5.32 Å². The van der Waals surface area contributed by atoms with Crippen LogP contribution in [0.25, 0.3) is 0 Å². The maximum absolute atomic E-state index is 9.42. The molecule has 4 nitrogen and oxygen atoms in total. The fourth-order valence-electron chi connectivity index (χ4n) is 0.991. The Balaban J connectivity index is 3.07. The Morgan fingerprint density at radius 2 is 2.14 bits per heavy atom. The van der Waals surface area contributed by atoms with Gasteiger partial charge in [0, 0.05) is 13.7 Å². The van der Waals surface area contributed by atoms with Crippen molar-refractivity contribution in [3.8, 4) is 0 Å². The predicted molar refractivity (Wildman–Crippen MR) is 56.5 cm³/mol. The van der Waals surface area contributed by atoms with Crippen molar-refractivity contribution in [3.63, 3.8) is 0 Å². The van der Waals surface area contributed by atoms with Gasteiger partial charge in [-0.05, 0) is 13.0 Å². The highest BCUT2D eigenvalue weighted by molar-refractivity contribution is 4.57. The van der Waals surface area contributed by atoms with Crippen LogP contribution in [0.4, 0.5) is 0 Å². The Morgan fingerprint density at radius 3 is 2.79 bits per heavy atom. The van der Waals surface area contributed by atoms with Crippen LogP contribution in [0, 0.1) is 0 Å². The molecule has 2 N–H and O–H groups in total. The summed E-state index contributed by atoms with van der Waals surface area (Å²) in [5, 5.41) is 12.6. The molecule has 0 aliphatic heterocycles. The van der Waals surface area contributed by atoms with Gasteiger partial charge in [-0.15, -0.1) is 0 Å². The van der Waals surface area contributed by atoms with E-state index in [0.717, 1.165) is 13.0 Å². The minimum atomic E-state index is -0.413. The Labute approximate surface area is 86.6 Å². The van der Waals surface area contributed by atoms with Crippen molar-refractivity contribution in [1.82, 2.24) is 5.32 Å². The lowest BCUT2D eigenvalue weighted by Crippen LogP contribution is -2.31. The van der Waals surface area contributed by atoms with Crippen LogP contribution in [0.3, 0.4) is 0 Å². The van der Waals surface area contributed by atoms with Gasteiger partial charge in [0.1, 0.15) is 0 Å². The molecule has 1 unspecified atom stereocenters. The van der Waals surface area contributed by atoms with Crippen molar-refractivity contribution in [3.05, 3.63) is 0 Å². The average Bonchev–Trinajstić information content (AvgIpc) is 2.19. The minimum absolute atomic E-state index is 0.377. The van der Waals surface area contributed by atoms with E-state index in [1.165, 1.54) is 6.42 Å². The maximum atomic E-state index is 9.42. The zero-order chi connectivity index (χ0) is 10.6. The molecule has 0 aliphatic rings. The van der Waals surface area contributed by atoms with E-state index >= 15 is 0 Å². The van der Waals surface area contributed by atoms with E-state index in [1.807, 2.05) is 0 Å². The molecule has 0 heterocycles. The smallest absolute Gasteiger partial charge is 0.0897 e. The number of aliphatic hydroxyl groups is 1. The van der Waals surface area contributed by atoms with E-state index in [0.29, 0.717) is 26.4 Å². The summed E-state index contributed by atoms with van der Waals surface area (Å²) >= 11 is 0. The largest absolute Gasteiger partial charge is 0.389 e. The Kier molecular flexibility index (Phi) is 10.8. The summed E-state index contributed by atoms with van der Waals surface area (Å²) in [6.07, 6.45) is 1.91. The molecule has 4 heteroatoms. The van der Waals surface area contributed by atoms with E-state index in [1.54, 1.807) is 7.11 Å². The van der Waals surface area contributed by atoms with Gasteiger partial charge in [-0.1, -0.05) is 13.3 Å². The van der Waals surface area contributed by atoms with Gasteiger partial charge in [0.05, 0.1) is 25.9 Å². The molecule has 0 saturated heterocycles. The van der Waals surface area contributed by atoms with Crippen LogP contribution in [0.2, 0.25) is 0 Å². The monoisotopic (exact) mass is 205 g/mol. The zero-order valence-electron chi connectivity index (χ0n) is 9.29. The van der Waals surface area contributed by atoms with Crippen LogP contribution in [0.15, 0.2) is 0 Å². The van der Waals surface area contributed by atoms with Gasteiger partial charge in [-0.2, -0.15) is 0 Å². The second-order valence-electron chi connectivity index (χ2n) is 3.28. The van der Waals surface area contributed by atoms with Crippen molar-refractivity contribution < 1.29 is 14.6 Å². The Morgan fingerprint density at radius 1 is 1.36 bits per heavy atom. The minimum Gasteiger partial charge on any atom is -0.389 e. The van der Waals surface area contributed by atoms with E-state index in [-0.39, 0.29) is 0 Å². The van der Waals surface area contributed by atoms with Crippen LogP contribution in [0.1, 0.15) is 19.8 Å². The number of methoxy groups -OCH3 is 1. The van der Waals surface area contributed by atoms with Gasteiger partial charge >= 0.3 is 0 Å². The molecule has 0 amide bonds. The standard InChI is InChI=1S/C10H23NO3/c1-3-4-5-11-8-10(12)9-14-7-6-13-2/h10-12H,3-9H2,1-2H3. The number of ether oxygens (including phenoxy) is 2. The van der Waals surface area contributed by atoms with Gasteiger partial charge < -0.3 is 19.9 Å². The van der Waals surface area contributed by atoms with Crippen LogP contribution in [0.5, 0.6) is 0 Å². The second kappa shape index (κ2) is 10.9. The zero-order valence-corrected chi connectivity index (χ0v) is 9.29. The predicted octanol–water partition coefficient (Wildman–Crippen LogP) is 0.400. The summed E-state index contributed by atoms with van der Waals surface area (Å²) < 4.78 is 9.99. The molecule has 1 atom stereocenters. The molecule has 86 valence electrons. The van der Waals surface area contributed by atoms with E-state index in [2.05, 4.69) is 12.2 Å². The normalized spacial score (nSPS) is 13.1. The first-order chi connectivity index (χ1) is 6.81. The molecule has 0 aromatic rings. The molecule has 0 rings (SSSR count). The number of rotatable bonds is 10. The van der Waals surface area contributed by atoms with E-state index in [9.17, 15) is 5.11 Å². The molecule has 0 saturated carbocycles. The van der Waals surface area contributed by atoms with Crippen molar-refractivity contribution >= 4 is 0 Å². The SMILES string of the molecule is CCCCNCC(O)COCCOC. The molecular weight excluding hydrogens is 182 g/mol. The molecule has 14 heavy (non-hydrogen) atoms. The van der Waals surface area contributed by atoms with Crippen molar-refractivity contribution in [1.29, 1.82) is 0 Å². The van der Waals surface area contributed by atoms with Crippen molar-refractivity contribution in [2.45, 2.75) is 25.9 Å². The molecular formula is C10H23NO3. The van der Waals surface area contributed by atoms with Gasteiger partial charge in [0.15, 0.2) is 0 Å². The molecule has 0 aromatic heterocycles. The second-order valence-corrected chi connectivity index (χ2v) is 3.28. The molecule has 0 bridgehead atoms. The highest BCUT2D eigenvalue weighted by Gasteiger charge is 2.02. The lowest BCUT2D eigenvalue weighted by Gasteiger charge is -2.11. The number of aliphatic hydroxyl groups excluding tert-OH is 1. The summed E-state index contributed by atoms with van der Waals surface area (Å²) in [7, 11) is 1.63. The molecule has 0 radical (unpaired) electrons. The highest BCUT2D eigenvalue weighted by atomic mass is 16.5. The third-order valence-electron chi connectivity index (χ3n) is 1.83. The summed E-state index contributed by atoms with van der Waals surface area (Å²) in [4.78, 5) is 0. The topological polar surface area (TPSA) is 50.7 Å².